The van der Waals surface area contributed by atoms with Crippen molar-refractivity contribution >= 4 is 17.0 Å². The van der Waals surface area contributed by atoms with Crippen LogP contribution in [0.3, 0.4) is 0 Å². The summed E-state index contributed by atoms with van der Waals surface area (Å²) in [5.41, 5.74) is 1.77. The van der Waals surface area contributed by atoms with Gasteiger partial charge in [0.05, 0.1) is 12.1 Å². The lowest BCUT2D eigenvalue weighted by molar-refractivity contribution is 0.656. The molecule has 2 aromatic heterocycles. The molecule has 5 nitrogen and oxygen atoms in total. The Balaban J connectivity index is 2.18. The van der Waals surface area contributed by atoms with Gasteiger partial charge < -0.3 is 15.2 Å². The number of hydrogen-bond acceptors (Lipinski definition) is 4. The molecule has 2 rings (SSSR count). The minimum Gasteiger partial charge on any atom is -0.363 e. The molecule has 0 aliphatic rings. The van der Waals surface area contributed by atoms with Gasteiger partial charge in [-0.25, -0.2) is 9.97 Å². The Kier molecular flexibility index (Phi) is 3.58. The van der Waals surface area contributed by atoms with Crippen LogP contribution in [-0.2, 0) is 6.54 Å². The highest BCUT2D eigenvalue weighted by Gasteiger charge is 2.05. The highest BCUT2D eigenvalue weighted by molar-refractivity contribution is 5.73. The van der Waals surface area contributed by atoms with Crippen LogP contribution in [0.2, 0.25) is 0 Å². The van der Waals surface area contributed by atoms with E-state index in [0.29, 0.717) is 0 Å². The van der Waals surface area contributed by atoms with Crippen LogP contribution in [0.5, 0.6) is 0 Å². The van der Waals surface area contributed by atoms with Gasteiger partial charge in [0.25, 0.3) is 0 Å². The van der Waals surface area contributed by atoms with E-state index in [1.165, 1.54) is 0 Å². The molecule has 0 aliphatic heterocycles. The fourth-order valence-electron chi connectivity index (χ4n) is 1.65. The van der Waals surface area contributed by atoms with Crippen LogP contribution in [0.15, 0.2) is 12.1 Å². The third-order valence-electron chi connectivity index (χ3n) is 2.56. The molecule has 2 N–H and O–H groups in total. The predicted molar refractivity (Wildman–Crippen MR) is 70.2 cm³/mol. The summed E-state index contributed by atoms with van der Waals surface area (Å²) < 4.78 is 0. The zero-order valence-corrected chi connectivity index (χ0v) is 10.6. The first-order valence-electron chi connectivity index (χ1n) is 5.94. The minimum absolute atomic E-state index is 0.765. The van der Waals surface area contributed by atoms with Gasteiger partial charge in [-0.2, -0.15) is 0 Å². The van der Waals surface area contributed by atoms with Crippen molar-refractivity contribution < 1.29 is 0 Å². The van der Waals surface area contributed by atoms with Crippen molar-refractivity contribution in [2.24, 2.45) is 0 Å². The SMILES string of the molecule is CCCNCc1nc2nc(N(C)C)ccc2[nH]1. The zero-order valence-electron chi connectivity index (χ0n) is 10.6. The summed E-state index contributed by atoms with van der Waals surface area (Å²) in [5, 5.41) is 3.32. The van der Waals surface area contributed by atoms with Gasteiger partial charge in [0, 0.05) is 14.1 Å². The van der Waals surface area contributed by atoms with E-state index in [4.69, 9.17) is 0 Å². The number of rotatable bonds is 5. The van der Waals surface area contributed by atoms with Crippen molar-refractivity contribution in [2.75, 3.05) is 25.5 Å². The van der Waals surface area contributed by atoms with Crippen LogP contribution in [-0.4, -0.2) is 35.6 Å². The first-order valence-corrected chi connectivity index (χ1v) is 5.94. The number of fused-ring (bicyclic) bond motifs is 1. The van der Waals surface area contributed by atoms with Crippen molar-refractivity contribution in [3.63, 3.8) is 0 Å². The molecule has 92 valence electrons. The van der Waals surface area contributed by atoms with Crippen LogP contribution in [0.1, 0.15) is 19.2 Å². The molecule has 0 spiro atoms. The lowest BCUT2D eigenvalue weighted by atomic mass is 10.4. The molecular formula is C12H19N5. The van der Waals surface area contributed by atoms with Crippen LogP contribution in [0, 0.1) is 0 Å². The van der Waals surface area contributed by atoms with Gasteiger partial charge in [0.1, 0.15) is 11.6 Å². The summed E-state index contributed by atoms with van der Waals surface area (Å²) >= 11 is 0. The van der Waals surface area contributed by atoms with Crippen LogP contribution < -0.4 is 10.2 Å². The lowest BCUT2D eigenvalue weighted by Crippen LogP contribution is -2.14. The highest BCUT2D eigenvalue weighted by Crippen LogP contribution is 2.14. The van der Waals surface area contributed by atoms with Crippen molar-refractivity contribution in [3.05, 3.63) is 18.0 Å². The largest absolute Gasteiger partial charge is 0.363 e. The Morgan fingerprint density at radius 2 is 2.12 bits per heavy atom. The van der Waals surface area contributed by atoms with Gasteiger partial charge in [-0.05, 0) is 25.1 Å². The summed E-state index contributed by atoms with van der Waals surface area (Å²) in [7, 11) is 3.95. The Morgan fingerprint density at radius 3 is 2.82 bits per heavy atom. The number of H-pyrrole nitrogens is 1. The number of nitrogens with one attached hydrogen (secondary N) is 2. The van der Waals surface area contributed by atoms with Gasteiger partial charge >= 0.3 is 0 Å². The number of imidazole rings is 1. The average molecular weight is 233 g/mol. The van der Waals surface area contributed by atoms with E-state index >= 15 is 0 Å². The normalized spacial score (nSPS) is 11.0. The minimum atomic E-state index is 0.765. The van der Waals surface area contributed by atoms with Gasteiger partial charge in [-0.1, -0.05) is 6.92 Å². The highest BCUT2D eigenvalue weighted by atomic mass is 15.2. The lowest BCUT2D eigenvalue weighted by Gasteiger charge is -2.09. The molecule has 0 aromatic carbocycles. The second-order valence-corrected chi connectivity index (χ2v) is 4.30. The summed E-state index contributed by atoms with van der Waals surface area (Å²) in [5.74, 6) is 1.87. The topological polar surface area (TPSA) is 56.8 Å². The molecular weight excluding hydrogens is 214 g/mol. The van der Waals surface area contributed by atoms with E-state index in [0.717, 1.165) is 42.3 Å². The third-order valence-corrected chi connectivity index (χ3v) is 2.56. The first kappa shape index (κ1) is 11.9. The number of pyridine rings is 1. The molecule has 0 fully saturated rings. The van der Waals surface area contributed by atoms with Gasteiger partial charge in [-0.3, -0.25) is 0 Å². The molecule has 5 heteroatoms. The smallest absolute Gasteiger partial charge is 0.179 e. The summed E-state index contributed by atoms with van der Waals surface area (Å²) in [4.78, 5) is 14.2. The maximum atomic E-state index is 4.48. The zero-order chi connectivity index (χ0) is 12.3. The number of aromatic amines is 1. The molecule has 0 unspecified atom stereocenters. The van der Waals surface area contributed by atoms with E-state index in [-0.39, 0.29) is 0 Å². The Morgan fingerprint density at radius 1 is 1.29 bits per heavy atom. The molecule has 0 atom stereocenters. The molecule has 2 heterocycles. The monoisotopic (exact) mass is 233 g/mol. The number of hydrogen-bond donors (Lipinski definition) is 2. The molecule has 2 aromatic rings. The summed E-state index contributed by atoms with van der Waals surface area (Å²) in [6.07, 6.45) is 1.13. The number of aromatic nitrogens is 3. The fourth-order valence-corrected chi connectivity index (χ4v) is 1.65. The van der Waals surface area contributed by atoms with Crippen molar-refractivity contribution in [1.82, 2.24) is 20.3 Å². The third kappa shape index (κ3) is 2.74. The van der Waals surface area contributed by atoms with Gasteiger partial charge in [0.15, 0.2) is 5.65 Å². The quantitative estimate of drug-likeness (QED) is 0.769. The fraction of sp³-hybridized carbons (Fsp3) is 0.500. The molecule has 0 amide bonds. The maximum absolute atomic E-state index is 4.48. The van der Waals surface area contributed by atoms with E-state index in [1.807, 2.05) is 31.1 Å². The molecule has 0 radical (unpaired) electrons. The maximum Gasteiger partial charge on any atom is 0.179 e. The van der Waals surface area contributed by atoms with E-state index < -0.39 is 0 Å². The van der Waals surface area contributed by atoms with Crippen molar-refractivity contribution in [1.29, 1.82) is 0 Å². The Labute approximate surface area is 101 Å². The number of anilines is 1. The standard InChI is InChI=1S/C12H19N5/c1-4-7-13-8-10-14-9-5-6-11(17(2)3)16-12(9)15-10/h5-6,13H,4,7-8H2,1-3H3,(H,14,15,16). The molecule has 0 aliphatic carbocycles. The Bertz CT molecular complexity index is 489. The molecule has 17 heavy (non-hydrogen) atoms. The summed E-state index contributed by atoms with van der Waals surface area (Å²) in [6, 6.07) is 4.01. The molecule has 0 saturated heterocycles. The van der Waals surface area contributed by atoms with E-state index in [2.05, 4.69) is 27.2 Å². The first-order chi connectivity index (χ1) is 8.20. The van der Waals surface area contributed by atoms with E-state index in [1.54, 1.807) is 0 Å². The summed E-state index contributed by atoms with van der Waals surface area (Å²) in [6.45, 7) is 3.92. The van der Waals surface area contributed by atoms with Crippen LogP contribution in [0.4, 0.5) is 5.82 Å². The van der Waals surface area contributed by atoms with Gasteiger partial charge in [-0.15, -0.1) is 0 Å². The van der Waals surface area contributed by atoms with Crippen molar-refractivity contribution in [3.8, 4) is 0 Å². The second-order valence-electron chi connectivity index (χ2n) is 4.30. The van der Waals surface area contributed by atoms with Crippen molar-refractivity contribution in [2.45, 2.75) is 19.9 Å². The Hall–Kier alpha value is -1.62. The molecule has 0 saturated carbocycles. The van der Waals surface area contributed by atoms with Crippen LogP contribution >= 0.6 is 0 Å². The second kappa shape index (κ2) is 5.14. The van der Waals surface area contributed by atoms with E-state index in [9.17, 15) is 0 Å². The van der Waals surface area contributed by atoms with Gasteiger partial charge in [0.2, 0.25) is 0 Å². The predicted octanol–water partition coefficient (Wildman–Crippen LogP) is 1.52. The average Bonchev–Trinajstić information content (AvgIpc) is 2.70. The van der Waals surface area contributed by atoms with Crippen LogP contribution in [0.25, 0.3) is 11.2 Å². The number of nitrogens with zero attached hydrogens (tertiary/aromatic N) is 3. The molecule has 0 bridgehead atoms.